The summed E-state index contributed by atoms with van der Waals surface area (Å²) in [5.41, 5.74) is 1.59. The van der Waals surface area contributed by atoms with Crippen molar-refractivity contribution in [1.29, 1.82) is 0 Å². The van der Waals surface area contributed by atoms with Crippen LogP contribution in [0.4, 0.5) is 11.4 Å². The molecule has 0 atom stereocenters. The molecule has 25 heavy (non-hydrogen) atoms. The third-order valence-corrected chi connectivity index (χ3v) is 3.90. The van der Waals surface area contributed by atoms with Gasteiger partial charge in [0.05, 0.1) is 16.0 Å². The van der Waals surface area contributed by atoms with E-state index in [1.165, 1.54) is 28.8 Å². The maximum Gasteiger partial charge on any atom is 0.329 e. The topological polar surface area (TPSA) is 99.2 Å². The fourth-order valence-electron chi connectivity index (χ4n) is 2.74. The molecule has 2 aromatic carbocycles. The van der Waals surface area contributed by atoms with Crippen LogP contribution in [-0.4, -0.2) is 20.0 Å². The van der Waals surface area contributed by atoms with E-state index >= 15 is 0 Å². The number of amides is 1. The molecule has 1 aromatic heterocycles. The number of aryl methyl sites for hydroxylation is 1. The first kappa shape index (κ1) is 16.4. The number of nitrogens with one attached hydrogen (secondary N) is 1. The van der Waals surface area contributed by atoms with Gasteiger partial charge in [0.1, 0.15) is 6.54 Å². The van der Waals surface area contributed by atoms with Gasteiger partial charge in [0.2, 0.25) is 5.91 Å². The Morgan fingerprint density at radius 1 is 1.08 bits per heavy atom. The Balaban J connectivity index is 1.84. The largest absolute Gasteiger partial charge is 0.329 e. The number of hydrogen-bond acceptors (Lipinski definition) is 4. The molecule has 0 aliphatic carbocycles. The summed E-state index contributed by atoms with van der Waals surface area (Å²) in [6.45, 7) is 2.24. The van der Waals surface area contributed by atoms with Crippen molar-refractivity contribution < 1.29 is 9.72 Å². The van der Waals surface area contributed by atoms with Gasteiger partial charge in [0, 0.05) is 24.4 Å². The maximum atomic E-state index is 12.5. The predicted molar refractivity (Wildman–Crippen MR) is 93.6 cm³/mol. The summed E-state index contributed by atoms with van der Waals surface area (Å²) in [4.78, 5) is 34.9. The Bertz CT molecular complexity index is 1000. The molecule has 3 aromatic rings. The SMILES string of the molecule is CCn1c(=O)n(CC(=O)Nc2ccc([N+](=O)[O-])cc2)c2ccccc21. The lowest BCUT2D eigenvalue weighted by molar-refractivity contribution is -0.384. The van der Waals surface area contributed by atoms with Crippen LogP contribution in [-0.2, 0) is 17.9 Å². The van der Waals surface area contributed by atoms with Crippen LogP contribution in [0, 0.1) is 10.1 Å². The molecule has 0 spiro atoms. The van der Waals surface area contributed by atoms with E-state index in [4.69, 9.17) is 0 Å². The number of carbonyl (C=O) groups excluding carboxylic acids is 1. The zero-order chi connectivity index (χ0) is 18.0. The number of nitrogens with zero attached hydrogens (tertiary/aromatic N) is 3. The number of benzene rings is 2. The Kier molecular flexibility index (Phi) is 4.34. The second-order valence-electron chi connectivity index (χ2n) is 5.45. The van der Waals surface area contributed by atoms with Gasteiger partial charge in [0.15, 0.2) is 0 Å². The van der Waals surface area contributed by atoms with Gasteiger partial charge < -0.3 is 5.32 Å². The van der Waals surface area contributed by atoms with Crippen LogP contribution in [0.15, 0.2) is 53.3 Å². The van der Waals surface area contributed by atoms with E-state index in [2.05, 4.69) is 5.32 Å². The van der Waals surface area contributed by atoms with Gasteiger partial charge in [-0.3, -0.25) is 24.0 Å². The number of hydrogen-bond donors (Lipinski definition) is 1. The molecule has 1 heterocycles. The number of rotatable bonds is 5. The highest BCUT2D eigenvalue weighted by atomic mass is 16.6. The molecule has 0 fully saturated rings. The van der Waals surface area contributed by atoms with Crippen LogP contribution >= 0.6 is 0 Å². The standard InChI is InChI=1S/C17H16N4O4/c1-2-19-14-5-3-4-6-15(14)20(17(19)23)11-16(22)18-12-7-9-13(10-8-12)21(24)25/h3-10H,2,11H2,1H3,(H,18,22). The van der Waals surface area contributed by atoms with E-state index in [0.29, 0.717) is 17.7 Å². The molecule has 1 amide bonds. The van der Waals surface area contributed by atoms with Crippen molar-refractivity contribution >= 4 is 28.3 Å². The molecule has 0 aliphatic rings. The van der Waals surface area contributed by atoms with Crippen LogP contribution in [0.2, 0.25) is 0 Å². The normalized spacial score (nSPS) is 10.8. The van der Waals surface area contributed by atoms with Crippen LogP contribution in [0.1, 0.15) is 6.92 Å². The summed E-state index contributed by atoms with van der Waals surface area (Å²) in [6.07, 6.45) is 0. The minimum atomic E-state index is -0.509. The fraction of sp³-hybridized carbons (Fsp3) is 0.176. The first-order chi connectivity index (χ1) is 12.0. The van der Waals surface area contributed by atoms with Gasteiger partial charge in [-0.15, -0.1) is 0 Å². The van der Waals surface area contributed by atoms with Crippen molar-refractivity contribution in [2.24, 2.45) is 0 Å². The molecule has 1 N–H and O–H groups in total. The van der Waals surface area contributed by atoms with E-state index in [0.717, 1.165) is 5.52 Å². The molecule has 3 rings (SSSR count). The zero-order valence-corrected chi connectivity index (χ0v) is 13.5. The van der Waals surface area contributed by atoms with Gasteiger partial charge in [-0.2, -0.15) is 0 Å². The van der Waals surface area contributed by atoms with Gasteiger partial charge in [-0.05, 0) is 31.2 Å². The van der Waals surface area contributed by atoms with Crippen molar-refractivity contribution in [3.8, 4) is 0 Å². The van der Waals surface area contributed by atoms with Crippen LogP contribution in [0.25, 0.3) is 11.0 Å². The third-order valence-electron chi connectivity index (χ3n) is 3.90. The minimum Gasteiger partial charge on any atom is -0.325 e. The van der Waals surface area contributed by atoms with Crippen molar-refractivity contribution in [3.05, 3.63) is 69.1 Å². The molecule has 0 saturated heterocycles. The fourth-order valence-corrected chi connectivity index (χ4v) is 2.74. The summed E-state index contributed by atoms with van der Waals surface area (Å²) in [7, 11) is 0. The van der Waals surface area contributed by atoms with Crippen molar-refractivity contribution in [1.82, 2.24) is 9.13 Å². The zero-order valence-electron chi connectivity index (χ0n) is 13.5. The van der Waals surface area contributed by atoms with Crippen molar-refractivity contribution in [3.63, 3.8) is 0 Å². The highest BCUT2D eigenvalue weighted by Gasteiger charge is 2.14. The number of carbonyl (C=O) groups is 1. The average molecular weight is 340 g/mol. The van der Waals surface area contributed by atoms with E-state index in [9.17, 15) is 19.7 Å². The van der Waals surface area contributed by atoms with Gasteiger partial charge in [0.25, 0.3) is 5.69 Å². The second kappa shape index (κ2) is 6.60. The molecule has 0 aliphatic heterocycles. The van der Waals surface area contributed by atoms with E-state index in [1.807, 2.05) is 25.1 Å². The lowest BCUT2D eigenvalue weighted by atomic mass is 10.3. The molecule has 0 radical (unpaired) electrons. The van der Waals surface area contributed by atoms with Crippen LogP contribution in [0.5, 0.6) is 0 Å². The van der Waals surface area contributed by atoms with Gasteiger partial charge in [-0.1, -0.05) is 12.1 Å². The van der Waals surface area contributed by atoms with E-state index in [1.54, 1.807) is 10.6 Å². The summed E-state index contributed by atoms with van der Waals surface area (Å²) >= 11 is 0. The number of non-ortho nitro benzene ring substituents is 1. The minimum absolute atomic E-state index is 0.0553. The molecule has 8 nitrogen and oxygen atoms in total. The number of fused-ring (bicyclic) bond motifs is 1. The smallest absolute Gasteiger partial charge is 0.325 e. The summed E-state index contributed by atoms with van der Waals surface area (Å²) < 4.78 is 3.02. The summed E-state index contributed by atoms with van der Waals surface area (Å²) in [5, 5.41) is 13.3. The van der Waals surface area contributed by atoms with Crippen molar-refractivity contribution in [2.75, 3.05) is 5.32 Å². The van der Waals surface area contributed by atoms with Crippen molar-refractivity contribution in [2.45, 2.75) is 20.0 Å². The highest BCUT2D eigenvalue weighted by Crippen LogP contribution is 2.16. The lowest BCUT2D eigenvalue weighted by Crippen LogP contribution is -2.29. The molecular formula is C17H16N4O4. The molecular weight excluding hydrogens is 324 g/mol. The highest BCUT2D eigenvalue weighted by molar-refractivity contribution is 5.91. The number of aromatic nitrogens is 2. The third kappa shape index (κ3) is 3.14. The Morgan fingerprint density at radius 2 is 1.68 bits per heavy atom. The van der Waals surface area contributed by atoms with E-state index in [-0.39, 0.29) is 23.8 Å². The quantitative estimate of drug-likeness (QED) is 0.569. The first-order valence-corrected chi connectivity index (χ1v) is 7.73. The van der Waals surface area contributed by atoms with E-state index < -0.39 is 4.92 Å². The number of anilines is 1. The lowest BCUT2D eigenvalue weighted by Gasteiger charge is -2.06. The number of nitro groups is 1. The molecule has 0 unspecified atom stereocenters. The molecule has 128 valence electrons. The van der Waals surface area contributed by atoms with Crippen LogP contribution in [0.3, 0.4) is 0 Å². The average Bonchev–Trinajstić information content (AvgIpc) is 2.87. The molecule has 8 heteroatoms. The second-order valence-corrected chi connectivity index (χ2v) is 5.45. The summed E-state index contributed by atoms with van der Waals surface area (Å²) in [6, 6.07) is 12.8. The van der Waals surface area contributed by atoms with Gasteiger partial charge >= 0.3 is 5.69 Å². The monoisotopic (exact) mass is 340 g/mol. The van der Waals surface area contributed by atoms with Crippen LogP contribution < -0.4 is 11.0 Å². The Hall–Kier alpha value is -3.42. The predicted octanol–water partition coefficient (Wildman–Crippen LogP) is 2.37. The molecule has 0 bridgehead atoms. The van der Waals surface area contributed by atoms with Gasteiger partial charge in [-0.25, -0.2) is 4.79 Å². The molecule has 0 saturated carbocycles. The Morgan fingerprint density at radius 3 is 2.24 bits per heavy atom. The first-order valence-electron chi connectivity index (χ1n) is 7.73. The summed E-state index contributed by atoms with van der Waals surface area (Å²) in [5.74, 6) is -0.380. The Labute approximate surface area is 142 Å². The number of nitro benzene ring substituents is 1. The number of para-hydroxylation sites is 2. The maximum absolute atomic E-state index is 12.5. The number of imidazole rings is 1.